The van der Waals surface area contributed by atoms with Crippen molar-refractivity contribution in [3.05, 3.63) is 59.4 Å². The largest absolute Gasteiger partial charge is 0.342 e. The first kappa shape index (κ1) is 15.5. The fraction of sp³-hybridized carbons (Fsp3) is 0.333. The molecular weight excluding hydrogens is 263 g/mol. The second kappa shape index (κ2) is 7.23. The van der Waals surface area contributed by atoms with Crippen LogP contribution < -0.4 is 10.2 Å². The third kappa shape index (κ3) is 3.82. The molecule has 2 rings (SSSR count). The van der Waals surface area contributed by atoms with Gasteiger partial charge in [0.15, 0.2) is 0 Å². The zero-order chi connectivity index (χ0) is 15.2. The van der Waals surface area contributed by atoms with E-state index in [1.54, 1.807) is 12.1 Å². The molecule has 0 atom stereocenters. The van der Waals surface area contributed by atoms with Crippen LogP contribution in [0.1, 0.15) is 25.0 Å². The van der Waals surface area contributed by atoms with Crippen molar-refractivity contribution in [3.8, 4) is 0 Å². The molecule has 0 spiro atoms. The van der Waals surface area contributed by atoms with Crippen LogP contribution in [-0.4, -0.2) is 13.1 Å². The van der Waals surface area contributed by atoms with Crippen LogP contribution in [0, 0.1) is 12.7 Å². The van der Waals surface area contributed by atoms with E-state index in [0.29, 0.717) is 0 Å². The van der Waals surface area contributed by atoms with Crippen LogP contribution in [0.2, 0.25) is 0 Å². The van der Waals surface area contributed by atoms with Crippen LogP contribution in [0.15, 0.2) is 42.5 Å². The zero-order valence-corrected chi connectivity index (χ0v) is 13.0. The van der Waals surface area contributed by atoms with Crippen LogP contribution >= 0.6 is 0 Å². The molecule has 2 aromatic carbocycles. The summed E-state index contributed by atoms with van der Waals surface area (Å²) >= 11 is 0. The third-order valence-electron chi connectivity index (χ3n) is 3.64. The predicted molar refractivity (Wildman–Crippen MR) is 87.6 cm³/mol. The van der Waals surface area contributed by atoms with E-state index in [0.717, 1.165) is 31.0 Å². The molecule has 0 unspecified atom stereocenters. The molecule has 112 valence electrons. The lowest BCUT2D eigenvalue weighted by Gasteiger charge is -2.24. The van der Waals surface area contributed by atoms with Crippen LogP contribution in [0.25, 0.3) is 0 Å². The summed E-state index contributed by atoms with van der Waals surface area (Å²) in [6.45, 7) is 8.95. The molecule has 0 aliphatic carbocycles. The quantitative estimate of drug-likeness (QED) is 0.846. The van der Waals surface area contributed by atoms with Crippen molar-refractivity contribution in [2.75, 3.05) is 18.0 Å². The normalized spacial score (nSPS) is 10.7. The molecule has 0 bridgehead atoms. The molecule has 0 saturated carbocycles. The van der Waals surface area contributed by atoms with Crippen LogP contribution in [-0.2, 0) is 6.54 Å². The third-order valence-corrected chi connectivity index (χ3v) is 3.64. The van der Waals surface area contributed by atoms with Gasteiger partial charge in [0, 0.05) is 24.5 Å². The number of anilines is 2. The highest BCUT2D eigenvalue weighted by Gasteiger charge is 2.09. The fourth-order valence-electron chi connectivity index (χ4n) is 2.46. The molecule has 1 N–H and O–H groups in total. The number of aryl methyl sites for hydroxylation is 1. The van der Waals surface area contributed by atoms with Gasteiger partial charge >= 0.3 is 0 Å². The number of hydrogen-bond acceptors (Lipinski definition) is 2. The van der Waals surface area contributed by atoms with Gasteiger partial charge in [-0.25, -0.2) is 4.39 Å². The minimum atomic E-state index is -0.202. The Hall–Kier alpha value is -1.87. The van der Waals surface area contributed by atoms with Crippen molar-refractivity contribution in [3.63, 3.8) is 0 Å². The van der Waals surface area contributed by atoms with Gasteiger partial charge < -0.3 is 10.2 Å². The Morgan fingerprint density at radius 2 is 1.81 bits per heavy atom. The van der Waals surface area contributed by atoms with Crippen LogP contribution in [0.3, 0.4) is 0 Å². The highest BCUT2D eigenvalue weighted by molar-refractivity contribution is 5.64. The van der Waals surface area contributed by atoms with Gasteiger partial charge in [-0.2, -0.15) is 0 Å². The molecule has 3 heteroatoms. The van der Waals surface area contributed by atoms with Gasteiger partial charge in [0.2, 0.25) is 0 Å². The Morgan fingerprint density at radius 3 is 2.43 bits per heavy atom. The summed E-state index contributed by atoms with van der Waals surface area (Å²) in [6, 6.07) is 13.2. The molecule has 0 saturated heterocycles. The summed E-state index contributed by atoms with van der Waals surface area (Å²) in [6.07, 6.45) is 0. The summed E-state index contributed by atoms with van der Waals surface area (Å²) in [5.74, 6) is -0.202. The van der Waals surface area contributed by atoms with E-state index in [9.17, 15) is 4.39 Å². The summed E-state index contributed by atoms with van der Waals surface area (Å²) < 4.78 is 13.4. The molecule has 0 heterocycles. The summed E-state index contributed by atoms with van der Waals surface area (Å²) in [4.78, 5) is 2.12. The Labute approximate surface area is 126 Å². The first-order valence-corrected chi connectivity index (χ1v) is 7.49. The molecule has 0 aliphatic heterocycles. The van der Waals surface area contributed by atoms with E-state index in [4.69, 9.17) is 0 Å². The summed E-state index contributed by atoms with van der Waals surface area (Å²) in [5.41, 5.74) is 4.54. The van der Waals surface area contributed by atoms with Crippen molar-refractivity contribution in [1.29, 1.82) is 0 Å². The molecule has 0 fully saturated rings. The first-order valence-electron chi connectivity index (χ1n) is 7.49. The topological polar surface area (TPSA) is 15.3 Å². The number of hydrogen-bond donors (Lipinski definition) is 1. The first-order chi connectivity index (χ1) is 10.2. The fourth-order valence-corrected chi connectivity index (χ4v) is 2.46. The van der Waals surface area contributed by atoms with Crippen LogP contribution in [0.4, 0.5) is 15.8 Å². The van der Waals surface area contributed by atoms with Gasteiger partial charge in [-0.05, 0) is 61.9 Å². The van der Waals surface area contributed by atoms with Crippen molar-refractivity contribution in [1.82, 2.24) is 5.32 Å². The van der Waals surface area contributed by atoms with Gasteiger partial charge in [0.1, 0.15) is 5.82 Å². The lowest BCUT2D eigenvalue weighted by molar-refractivity contribution is 0.627. The summed E-state index contributed by atoms with van der Waals surface area (Å²) in [5, 5.41) is 3.34. The highest BCUT2D eigenvalue weighted by Crippen LogP contribution is 2.27. The number of rotatable bonds is 6. The maximum absolute atomic E-state index is 13.4. The number of nitrogens with one attached hydrogen (secondary N) is 1. The van der Waals surface area contributed by atoms with Gasteiger partial charge in [-0.15, -0.1) is 0 Å². The van der Waals surface area contributed by atoms with Gasteiger partial charge in [-0.3, -0.25) is 0 Å². The number of nitrogens with zero attached hydrogens (tertiary/aromatic N) is 1. The average Bonchev–Trinajstić information content (AvgIpc) is 2.47. The minimum absolute atomic E-state index is 0.202. The molecular formula is C18H23FN2. The minimum Gasteiger partial charge on any atom is -0.342 e. The second-order valence-corrected chi connectivity index (χ2v) is 5.12. The lowest BCUT2D eigenvalue weighted by atomic mass is 10.1. The molecule has 0 amide bonds. The lowest BCUT2D eigenvalue weighted by Crippen LogP contribution is -2.17. The Kier molecular flexibility index (Phi) is 5.34. The highest BCUT2D eigenvalue weighted by atomic mass is 19.1. The Balaban J connectivity index is 2.28. The smallest absolute Gasteiger partial charge is 0.125 e. The van der Waals surface area contributed by atoms with Crippen molar-refractivity contribution >= 4 is 11.4 Å². The molecule has 0 aliphatic rings. The maximum Gasteiger partial charge on any atom is 0.125 e. The van der Waals surface area contributed by atoms with Crippen molar-refractivity contribution in [2.24, 2.45) is 0 Å². The SMILES string of the molecule is CCNCc1ccc(N(CC)c2cccc(F)c2)cc1C. The van der Waals surface area contributed by atoms with Crippen LogP contribution in [0.5, 0.6) is 0 Å². The Bertz CT molecular complexity index is 596. The predicted octanol–water partition coefficient (Wildman–Crippen LogP) is 4.40. The van der Waals surface area contributed by atoms with Gasteiger partial charge in [-0.1, -0.05) is 19.1 Å². The number of benzene rings is 2. The van der Waals surface area contributed by atoms with Crippen molar-refractivity contribution in [2.45, 2.75) is 27.3 Å². The zero-order valence-electron chi connectivity index (χ0n) is 13.0. The second-order valence-electron chi connectivity index (χ2n) is 5.12. The van der Waals surface area contributed by atoms with Crippen molar-refractivity contribution < 1.29 is 4.39 Å². The van der Waals surface area contributed by atoms with E-state index in [1.165, 1.54) is 17.2 Å². The van der Waals surface area contributed by atoms with E-state index in [1.807, 2.05) is 6.07 Å². The number of halogens is 1. The summed E-state index contributed by atoms with van der Waals surface area (Å²) in [7, 11) is 0. The van der Waals surface area contributed by atoms with E-state index in [-0.39, 0.29) is 5.82 Å². The van der Waals surface area contributed by atoms with Gasteiger partial charge in [0.25, 0.3) is 0 Å². The van der Waals surface area contributed by atoms with E-state index in [2.05, 4.69) is 49.2 Å². The molecule has 0 aromatic heterocycles. The van der Waals surface area contributed by atoms with E-state index < -0.39 is 0 Å². The average molecular weight is 286 g/mol. The molecule has 0 radical (unpaired) electrons. The Morgan fingerprint density at radius 1 is 1.05 bits per heavy atom. The molecule has 21 heavy (non-hydrogen) atoms. The molecule has 2 aromatic rings. The molecule has 2 nitrogen and oxygen atoms in total. The monoisotopic (exact) mass is 286 g/mol. The van der Waals surface area contributed by atoms with E-state index >= 15 is 0 Å². The van der Waals surface area contributed by atoms with Gasteiger partial charge in [0.05, 0.1) is 0 Å². The standard InChI is InChI=1S/C18H23FN2/c1-4-20-13-15-9-10-18(11-14(15)3)21(5-2)17-8-6-7-16(19)12-17/h6-12,20H,4-5,13H2,1-3H3. The maximum atomic E-state index is 13.4.